The molecule has 0 radical (unpaired) electrons. The van der Waals surface area contributed by atoms with Gasteiger partial charge in [-0.15, -0.1) is 0 Å². The van der Waals surface area contributed by atoms with Gasteiger partial charge in [-0.3, -0.25) is 14.4 Å². The number of nitrogens with one attached hydrogen (secondary N) is 2. The van der Waals surface area contributed by atoms with Crippen molar-refractivity contribution in [3.8, 4) is 0 Å². The molecule has 7 nitrogen and oxygen atoms in total. The van der Waals surface area contributed by atoms with E-state index in [-0.39, 0.29) is 18.4 Å². The van der Waals surface area contributed by atoms with Crippen molar-refractivity contribution in [1.82, 2.24) is 5.32 Å². The fourth-order valence-corrected chi connectivity index (χ4v) is 1.56. The van der Waals surface area contributed by atoms with Crippen LogP contribution >= 0.6 is 0 Å². The van der Waals surface area contributed by atoms with Gasteiger partial charge in [-0.1, -0.05) is 6.92 Å². The van der Waals surface area contributed by atoms with Crippen LogP contribution in [0.5, 0.6) is 0 Å². The minimum atomic E-state index is -1.11. The number of benzene rings is 1. The van der Waals surface area contributed by atoms with Gasteiger partial charge >= 0.3 is 5.97 Å². The maximum atomic E-state index is 11.6. The molecule has 21 heavy (non-hydrogen) atoms. The van der Waals surface area contributed by atoms with Crippen molar-refractivity contribution in [2.24, 2.45) is 5.73 Å². The van der Waals surface area contributed by atoms with Gasteiger partial charge in [-0.25, -0.2) is 0 Å². The molecule has 0 aliphatic carbocycles. The zero-order chi connectivity index (χ0) is 15.8. The summed E-state index contributed by atoms with van der Waals surface area (Å²) < 4.78 is 0. The van der Waals surface area contributed by atoms with Crippen molar-refractivity contribution in [3.05, 3.63) is 29.8 Å². The van der Waals surface area contributed by atoms with E-state index in [1.165, 1.54) is 12.1 Å². The molecule has 114 valence electrons. The third-order valence-electron chi connectivity index (χ3n) is 2.80. The fourth-order valence-electron chi connectivity index (χ4n) is 1.56. The van der Waals surface area contributed by atoms with Crippen molar-refractivity contribution in [1.29, 1.82) is 0 Å². The van der Waals surface area contributed by atoms with E-state index in [2.05, 4.69) is 10.6 Å². The van der Waals surface area contributed by atoms with Gasteiger partial charge in [0.1, 0.15) is 6.54 Å². The van der Waals surface area contributed by atoms with Gasteiger partial charge in [0, 0.05) is 23.7 Å². The van der Waals surface area contributed by atoms with Gasteiger partial charge in [0.15, 0.2) is 0 Å². The summed E-state index contributed by atoms with van der Waals surface area (Å²) in [6.07, 6.45) is 0.952. The number of carboxylic acid groups (broad SMARTS) is 1. The summed E-state index contributed by atoms with van der Waals surface area (Å²) in [4.78, 5) is 33.6. The SMILES string of the molecule is CCC(N)CC(=O)Nc1ccc(C(=O)NCC(=O)O)cc1. The third kappa shape index (κ3) is 6.05. The van der Waals surface area contributed by atoms with E-state index >= 15 is 0 Å². The molecule has 7 heteroatoms. The van der Waals surface area contributed by atoms with Crippen LogP contribution in [0.2, 0.25) is 0 Å². The summed E-state index contributed by atoms with van der Waals surface area (Å²) >= 11 is 0. The van der Waals surface area contributed by atoms with Crippen LogP contribution in [0.4, 0.5) is 5.69 Å². The summed E-state index contributed by atoms with van der Waals surface area (Å²) in [5.74, 6) is -1.78. The Bertz CT molecular complexity index is 513. The van der Waals surface area contributed by atoms with E-state index in [1.54, 1.807) is 12.1 Å². The predicted molar refractivity (Wildman–Crippen MR) is 77.9 cm³/mol. The van der Waals surface area contributed by atoms with Crippen LogP contribution < -0.4 is 16.4 Å². The lowest BCUT2D eigenvalue weighted by atomic mass is 10.1. The highest BCUT2D eigenvalue weighted by Crippen LogP contribution is 2.10. The molecule has 1 unspecified atom stereocenters. The number of carbonyl (C=O) groups is 3. The third-order valence-corrected chi connectivity index (χ3v) is 2.80. The second kappa shape index (κ2) is 8.01. The quantitative estimate of drug-likeness (QED) is 0.585. The number of amides is 2. The van der Waals surface area contributed by atoms with Crippen molar-refractivity contribution in [3.63, 3.8) is 0 Å². The summed E-state index contributed by atoms with van der Waals surface area (Å²) in [7, 11) is 0. The molecule has 0 bridgehead atoms. The molecule has 0 heterocycles. The van der Waals surface area contributed by atoms with Crippen LogP contribution in [0.15, 0.2) is 24.3 Å². The van der Waals surface area contributed by atoms with Crippen molar-refractivity contribution in [2.75, 3.05) is 11.9 Å². The molecule has 0 aliphatic heterocycles. The molecule has 1 aromatic carbocycles. The molecule has 0 fully saturated rings. The predicted octanol–water partition coefficient (Wildman–Crippen LogP) is 0.567. The first-order valence-electron chi connectivity index (χ1n) is 6.57. The van der Waals surface area contributed by atoms with Crippen LogP contribution in [0.25, 0.3) is 0 Å². The number of nitrogens with two attached hydrogens (primary N) is 1. The molecule has 5 N–H and O–H groups in total. The number of aliphatic carboxylic acids is 1. The smallest absolute Gasteiger partial charge is 0.322 e. The Morgan fingerprint density at radius 3 is 2.38 bits per heavy atom. The normalized spacial score (nSPS) is 11.5. The first-order valence-corrected chi connectivity index (χ1v) is 6.57. The van der Waals surface area contributed by atoms with Gasteiger partial charge < -0.3 is 21.5 Å². The zero-order valence-corrected chi connectivity index (χ0v) is 11.8. The first-order chi connectivity index (χ1) is 9.92. The lowest BCUT2D eigenvalue weighted by Crippen LogP contribution is -2.29. The lowest BCUT2D eigenvalue weighted by molar-refractivity contribution is -0.135. The molecule has 0 spiro atoms. The maximum Gasteiger partial charge on any atom is 0.322 e. The van der Waals surface area contributed by atoms with Gasteiger partial charge in [0.25, 0.3) is 5.91 Å². The Labute approximate surface area is 122 Å². The molecule has 0 saturated heterocycles. The topological polar surface area (TPSA) is 122 Å². The highest BCUT2D eigenvalue weighted by Gasteiger charge is 2.09. The Balaban J connectivity index is 2.55. The number of hydrogen-bond acceptors (Lipinski definition) is 4. The van der Waals surface area contributed by atoms with E-state index < -0.39 is 18.4 Å². The summed E-state index contributed by atoms with van der Waals surface area (Å²) in [6.45, 7) is 1.47. The Morgan fingerprint density at radius 2 is 1.86 bits per heavy atom. The van der Waals surface area contributed by atoms with E-state index in [0.717, 1.165) is 6.42 Å². The Hall–Kier alpha value is -2.41. The van der Waals surface area contributed by atoms with E-state index in [9.17, 15) is 14.4 Å². The number of rotatable bonds is 7. The lowest BCUT2D eigenvalue weighted by Gasteiger charge is -2.10. The maximum absolute atomic E-state index is 11.6. The standard InChI is InChI=1S/C14H19N3O4/c1-2-10(15)7-12(18)17-11-5-3-9(4-6-11)14(21)16-8-13(19)20/h3-6,10H,2,7-8,15H2,1H3,(H,16,21)(H,17,18)(H,19,20). The van der Waals surface area contributed by atoms with Gasteiger partial charge in [-0.2, -0.15) is 0 Å². The molecule has 0 saturated carbocycles. The number of hydrogen-bond donors (Lipinski definition) is 4. The summed E-state index contributed by atoms with van der Waals surface area (Å²) in [5, 5.41) is 13.4. The minimum absolute atomic E-state index is 0.175. The zero-order valence-electron chi connectivity index (χ0n) is 11.8. The molecule has 1 atom stereocenters. The van der Waals surface area contributed by atoms with Crippen LogP contribution in [-0.2, 0) is 9.59 Å². The van der Waals surface area contributed by atoms with Crippen molar-refractivity contribution in [2.45, 2.75) is 25.8 Å². The Kier molecular flexibility index (Phi) is 6.35. The van der Waals surface area contributed by atoms with Crippen molar-refractivity contribution >= 4 is 23.5 Å². The number of carbonyl (C=O) groups excluding carboxylic acids is 2. The molecular weight excluding hydrogens is 274 g/mol. The molecule has 1 aromatic rings. The van der Waals surface area contributed by atoms with E-state index in [1.807, 2.05) is 6.92 Å². The molecule has 0 aliphatic rings. The summed E-state index contributed by atoms with van der Waals surface area (Å²) in [5.41, 5.74) is 6.56. The van der Waals surface area contributed by atoms with Gasteiger partial charge in [-0.05, 0) is 30.7 Å². The average molecular weight is 293 g/mol. The number of anilines is 1. The van der Waals surface area contributed by atoms with Crippen LogP contribution in [0.1, 0.15) is 30.1 Å². The summed E-state index contributed by atoms with van der Waals surface area (Å²) in [6, 6.07) is 5.99. The number of carboxylic acids is 1. The highest BCUT2D eigenvalue weighted by atomic mass is 16.4. The van der Waals surface area contributed by atoms with Crippen LogP contribution in [-0.4, -0.2) is 35.5 Å². The van der Waals surface area contributed by atoms with Crippen LogP contribution in [0, 0.1) is 0 Å². The fraction of sp³-hybridized carbons (Fsp3) is 0.357. The minimum Gasteiger partial charge on any atom is -0.480 e. The Morgan fingerprint density at radius 1 is 1.24 bits per heavy atom. The van der Waals surface area contributed by atoms with Crippen molar-refractivity contribution < 1.29 is 19.5 Å². The highest BCUT2D eigenvalue weighted by molar-refractivity contribution is 5.97. The van der Waals surface area contributed by atoms with E-state index in [4.69, 9.17) is 10.8 Å². The second-order valence-electron chi connectivity index (χ2n) is 4.57. The average Bonchev–Trinajstić information content (AvgIpc) is 2.45. The van der Waals surface area contributed by atoms with Gasteiger partial charge in [0.2, 0.25) is 5.91 Å². The molecule has 0 aromatic heterocycles. The second-order valence-corrected chi connectivity index (χ2v) is 4.57. The van der Waals surface area contributed by atoms with Crippen LogP contribution in [0.3, 0.4) is 0 Å². The molecular formula is C14H19N3O4. The first kappa shape index (κ1) is 16.6. The largest absolute Gasteiger partial charge is 0.480 e. The van der Waals surface area contributed by atoms with E-state index in [0.29, 0.717) is 11.3 Å². The van der Waals surface area contributed by atoms with Gasteiger partial charge in [0.05, 0.1) is 0 Å². The monoisotopic (exact) mass is 293 g/mol. The molecule has 1 rings (SSSR count). The molecule has 2 amide bonds.